The molecule has 1 N–H and O–H groups in total. The molecule has 0 aliphatic heterocycles. The van der Waals surface area contributed by atoms with E-state index >= 15 is 0 Å². The van der Waals surface area contributed by atoms with Gasteiger partial charge >= 0.3 is 0 Å². The maximum atomic E-state index is 12.0. The van der Waals surface area contributed by atoms with Gasteiger partial charge in [0.2, 0.25) is 5.91 Å². The highest BCUT2D eigenvalue weighted by Gasteiger charge is 2.17. The van der Waals surface area contributed by atoms with Crippen molar-refractivity contribution in [3.8, 4) is 0 Å². The summed E-state index contributed by atoms with van der Waals surface area (Å²) in [7, 11) is 1.59. The van der Waals surface area contributed by atoms with E-state index in [1.807, 2.05) is 17.6 Å². The van der Waals surface area contributed by atoms with Crippen LogP contribution in [0, 0.1) is 0 Å². The first-order valence-electron chi connectivity index (χ1n) is 6.58. The maximum absolute atomic E-state index is 12.0. The number of nitrogens with zero attached hydrogens (tertiary/aromatic N) is 2. The third-order valence-corrected chi connectivity index (χ3v) is 3.46. The number of alkyl halides is 1. The lowest BCUT2D eigenvalue weighted by Crippen LogP contribution is -2.30. The standard InChI is InChI=1S/C14H17Cl2N3O2/c1-9(15)14-18-11-7-10(16)3-4-12(11)19(14)8-13(20)17-5-6-21-2/h3-4,7,9H,5-6,8H2,1-2H3,(H,17,20). The van der Waals surface area contributed by atoms with Gasteiger partial charge in [-0.2, -0.15) is 0 Å². The van der Waals surface area contributed by atoms with Crippen LogP contribution in [0.25, 0.3) is 11.0 Å². The molecule has 1 heterocycles. The van der Waals surface area contributed by atoms with Crippen LogP contribution < -0.4 is 5.32 Å². The van der Waals surface area contributed by atoms with E-state index in [4.69, 9.17) is 27.9 Å². The van der Waals surface area contributed by atoms with Gasteiger partial charge in [0.25, 0.3) is 0 Å². The van der Waals surface area contributed by atoms with Crippen molar-refractivity contribution in [2.45, 2.75) is 18.8 Å². The number of carbonyl (C=O) groups excluding carboxylic acids is 1. The maximum Gasteiger partial charge on any atom is 0.240 e. The molecule has 2 aromatic rings. The molecule has 0 aliphatic rings. The number of carbonyl (C=O) groups is 1. The number of fused-ring (bicyclic) bond motifs is 1. The van der Waals surface area contributed by atoms with Gasteiger partial charge in [-0.25, -0.2) is 4.98 Å². The van der Waals surface area contributed by atoms with Gasteiger partial charge in [0.15, 0.2) is 0 Å². The van der Waals surface area contributed by atoms with Crippen molar-refractivity contribution in [3.63, 3.8) is 0 Å². The zero-order valence-corrected chi connectivity index (χ0v) is 13.4. The number of benzene rings is 1. The van der Waals surface area contributed by atoms with Crippen LogP contribution in [-0.2, 0) is 16.1 Å². The minimum atomic E-state index is -0.303. The van der Waals surface area contributed by atoms with E-state index in [-0.39, 0.29) is 17.8 Å². The van der Waals surface area contributed by atoms with E-state index in [0.717, 1.165) is 11.0 Å². The average molecular weight is 330 g/mol. The molecule has 1 unspecified atom stereocenters. The second-order valence-electron chi connectivity index (χ2n) is 4.65. The van der Waals surface area contributed by atoms with Crippen molar-refractivity contribution in [1.29, 1.82) is 0 Å². The van der Waals surface area contributed by atoms with E-state index in [0.29, 0.717) is 24.0 Å². The molecule has 0 bridgehead atoms. The second-order valence-corrected chi connectivity index (χ2v) is 5.74. The molecule has 1 aromatic heterocycles. The van der Waals surface area contributed by atoms with Gasteiger partial charge in [-0.15, -0.1) is 11.6 Å². The van der Waals surface area contributed by atoms with Crippen LogP contribution in [0.1, 0.15) is 18.1 Å². The van der Waals surface area contributed by atoms with Crippen LogP contribution in [0.2, 0.25) is 5.02 Å². The summed E-state index contributed by atoms with van der Waals surface area (Å²) >= 11 is 12.1. The highest BCUT2D eigenvalue weighted by atomic mass is 35.5. The van der Waals surface area contributed by atoms with E-state index in [9.17, 15) is 4.79 Å². The average Bonchev–Trinajstić information content (AvgIpc) is 2.77. The summed E-state index contributed by atoms with van der Waals surface area (Å²) in [5.41, 5.74) is 1.57. The first-order chi connectivity index (χ1) is 10.0. The summed E-state index contributed by atoms with van der Waals surface area (Å²) in [6, 6.07) is 5.38. The van der Waals surface area contributed by atoms with Gasteiger partial charge in [0.05, 0.1) is 23.0 Å². The quantitative estimate of drug-likeness (QED) is 0.654. The first kappa shape index (κ1) is 16.1. The summed E-state index contributed by atoms with van der Waals surface area (Å²) < 4.78 is 6.71. The predicted molar refractivity (Wildman–Crippen MR) is 83.9 cm³/mol. The van der Waals surface area contributed by atoms with Gasteiger partial charge in [0, 0.05) is 18.7 Å². The second kappa shape index (κ2) is 7.11. The predicted octanol–water partition coefficient (Wildman–Crippen LogP) is 2.75. The summed E-state index contributed by atoms with van der Waals surface area (Å²) in [5.74, 6) is 0.538. The molecule has 5 nitrogen and oxygen atoms in total. The minimum Gasteiger partial charge on any atom is -0.383 e. The number of imidazole rings is 1. The SMILES string of the molecule is COCCNC(=O)Cn1c(C(C)Cl)nc2cc(Cl)ccc21. The highest BCUT2D eigenvalue weighted by molar-refractivity contribution is 6.31. The normalized spacial score (nSPS) is 12.6. The number of hydrogen-bond donors (Lipinski definition) is 1. The van der Waals surface area contributed by atoms with Crippen LogP contribution >= 0.6 is 23.2 Å². The summed E-state index contributed by atoms with van der Waals surface area (Å²) in [6.45, 7) is 2.93. The Morgan fingerprint density at radius 1 is 1.52 bits per heavy atom. The van der Waals surface area contributed by atoms with E-state index in [1.54, 1.807) is 19.2 Å². The van der Waals surface area contributed by atoms with Gasteiger partial charge in [-0.1, -0.05) is 11.6 Å². The summed E-state index contributed by atoms with van der Waals surface area (Å²) in [6.07, 6.45) is 0. The lowest BCUT2D eigenvalue weighted by molar-refractivity contribution is -0.121. The fourth-order valence-electron chi connectivity index (χ4n) is 2.08. The molecule has 0 radical (unpaired) electrons. The Morgan fingerprint density at radius 3 is 2.95 bits per heavy atom. The third-order valence-electron chi connectivity index (χ3n) is 3.03. The Kier molecular flexibility index (Phi) is 5.45. The fraction of sp³-hybridized carbons (Fsp3) is 0.429. The number of amides is 1. The number of halogens is 2. The number of hydrogen-bond acceptors (Lipinski definition) is 3. The molecule has 0 saturated heterocycles. The lowest BCUT2D eigenvalue weighted by Gasteiger charge is -2.10. The number of ether oxygens (including phenoxy) is 1. The molecule has 0 aliphatic carbocycles. The van der Waals surface area contributed by atoms with Gasteiger partial charge < -0.3 is 14.6 Å². The number of methoxy groups -OCH3 is 1. The lowest BCUT2D eigenvalue weighted by atomic mass is 10.3. The van der Waals surface area contributed by atoms with Crippen molar-refractivity contribution in [2.75, 3.05) is 20.3 Å². The molecule has 0 saturated carbocycles. The van der Waals surface area contributed by atoms with Crippen molar-refractivity contribution in [1.82, 2.24) is 14.9 Å². The molecule has 21 heavy (non-hydrogen) atoms. The Balaban J connectivity index is 2.28. The Bertz CT molecular complexity index is 640. The molecule has 0 spiro atoms. The fourth-order valence-corrected chi connectivity index (χ4v) is 2.42. The monoisotopic (exact) mass is 329 g/mol. The molecule has 2 rings (SSSR count). The topological polar surface area (TPSA) is 56.1 Å². The Morgan fingerprint density at radius 2 is 2.29 bits per heavy atom. The van der Waals surface area contributed by atoms with Crippen LogP contribution in [0.15, 0.2) is 18.2 Å². The van der Waals surface area contributed by atoms with Crippen LogP contribution in [0.5, 0.6) is 0 Å². The van der Waals surface area contributed by atoms with E-state index in [1.165, 1.54) is 0 Å². The molecular formula is C14H17Cl2N3O2. The molecule has 1 aromatic carbocycles. The van der Waals surface area contributed by atoms with Crippen molar-refractivity contribution in [2.24, 2.45) is 0 Å². The summed E-state index contributed by atoms with van der Waals surface area (Å²) in [5, 5.41) is 3.08. The van der Waals surface area contributed by atoms with E-state index < -0.39 is 0 Å². The highest BCUT2D eigenvalue weighted by Crippen LogP contribution is 2.26. The number of rotatable bonds is 6. The molecule has 1 amide bonds. The van der Waals surface area contributed by atoms with Crippen LogP contribution in [0.4, 0.5) is 0 Å². The minimum absolute atomic E-state index is 0.111. The molecular weight excluding hydrogens is 313 g/mol. The largest absolute Gasteiger partial charge is 0.383 e. The zero-order chi connectivity index (χ0) is 15.4. The molecule has 0 fully saturated rings. The molecule has 114 valence electrons. The Labute approximate surface area is 133 Å². The van der Waals surface area contributed by atoms with Crippen molar-refractivity contribution >= 4 is 40.1 Å². The molecule has 7 heteroatoms. The van der Waals surface area contributed by atoms with Gasteiger partial charge in [0.1, 0.15) is 12.4 Å². The summed E-state index contributed by atoms with van der Waals surface area (Å²) in [4.78, 5) is 16.5. The van der Waals surface area contributed by atoms with Crippen molar-refractivity contribution in [3.05, 3.63) is 29.0 Å². The van der Waals surface area contributed by atoms with Gasteiger partial charge in [-0.05, 0) is 25.1 Å². The Hall–Kier alpha value is -1.30. The third kappa shape index (κ3) is 3.87. The van der Waals surface area contributed by atoms with E-state index in [2.05, 4.69) is 10.3 Å². The molecule has 1 atom stereocenters. The zero-order valence-electron chi connectivity index (χ0n) is 11.9. The number of aromatic nitrogens is 2. The first-order valence-corrected chi connectivity index (χ1v) is 7.39. The van der Waals surface area contributed by atoms with Gasteiger partial charge in [-0.3, -0.25) is 4.79 Å². The smallest absolute Gasteiger partial charge is 0.240 e. The van der Waals surface area contributed by atoms with Crippen LogP contribution in [-0.4, -0.2) is 35.7 Å². The van der Waals surface area contributed by atoms with Crippen molar-refractivity contribution < 1.29 is 9.53 Å². The van der Waals surface area contributed by atoms with Crippen LogP contribution in [0.3, 0.4) is 0 Å². The number of nitrogens with one attached hydrogen (secondary N) is 1.